The largest absolute Gasteiger partial charge is 0.305 e. The van der Waals surface area contributed by atoms with Crippen molar-refractivity contribution in [2.24, 2.45) is 0 Å². The third-order valence-corrected chi connectivity index (χ3v) is 3.48. The first-order valence-corrected chi connectivity index (χ1v) is 6.98. The average molecular weight is 326 g/mol. The maximum absolute atomic E-state index is 6.26. The van der Waals surface area contributed by atoms with Crippen molar-refractivity contribution in [1.29, 1.82) is 0 Å². The molecule has 1 atom stereocenters. The molecule has 1 aromatic carbocycles. The van der Waals surface area contributed by atoms with Crippen LogP contribution in [0.2, 0.25) is 5.02 Å². The lowest BCUT2D eigenvalue weighted by molar-refractivity contribution is 0.615. The molecule has 2 aromatic rings. The monoisotopic (exact) mass is 324 g/mol. The Hall–Kier alpha value is -0.900. The van der Waals surface area contributed by atoms with E-state index in [4.69, 9.17) is 11.6 Å². The van der Waals surface area contributed by atoms with E-state index < -0.39 is 0 Å². The lowest BCUT2D eigenvalue weighted by atomic mass is 10.0. The minimum Gasteiger partial charge on any atom is -0.305 e. The Bertz CT molecular complexity index is 513. The average Bonchev–Trinajstić information content (AvgIpc) is 2.38. The summed E-state index contributed by atoms with van der Waals surface area (Å²) in [5.74, 6) is 0. The van der Waals surface area contributed by atoms with Gasteiger partial charge >= 0.3 is 0 Å². The third-order valence-electron chi connectivity index (χ3n) is 2.67. The number of benzene rings is 1. The molecular formula is C14H14BrClN2. The Morgan fingerprint density at radius 3 is 2.67 bits per heavy atom. The van der Waals surface area contributed by atoms with E-state index in [9.17, 15) is 0 Å². The molecule has 0 radical (unpaired) electrons. The van der Waals surface area contributed by atoms with Gasteiger partial charge in [0.2, 0.25) is 0 Å². The summed E-state index contributed by atoms with van der Waals surface area (Å²) in [6.07, 6.45) is 1.80. The Morgan fingerprint density at radius 1 is 1.28 bits per heavy atom. The second-order valence-electron chi connectivity index (χ2n) is 3.91. The Balaban J connectivity index is 2.40. The first-order chi connectivity index (χ1) is 8.72. The smallest absolute Gasteiger partial charge is 0.0765 e. The van der Waals surface area contributed by atoms with E-state index in [1.165, 1.54) is 0 Å². The number of nitrogens with zero attached hydrogens (tertiary/aromatic N) is 1. The lowest BCUT2D eigenvalue weighted by Gasteiger charge is -2.19. The van der Waals surface area contributed by atoms with E-state index in [2.05, 4.69) is 33.2 Å². The van der Waals surface area contributed by atoms with Crippen LogP contribution >= 0.6 is 27.5 Å². The molecule has 0 amide bonds. The fraction of sp³-hybridized carbons (Fsp3) is 0.214. The van der Waals surface area contributed by atoms with Crippen molar-refractivity contribution < 1.29 is 0 Å². The van der Waals surface area contributed by atoms with Gasteiger partial charge in [-0.3, -0.25) is 4.98 Å². The first kappa shape index (κ1) is 13.5. The summed E-state index contributed by atoms with van der Waals surface area (Å²) in [5.41, 5.74) is 2.02. The molecule has 4 heteroatoms. The van der Waals surface area contributed by atoms with Crippen molar-refractivity contribution >= 4 is 27.5 Å². The van der Waals surface area contributed by atoms with E-state index >= 15 is 0 Å². The minimum atomic E-state index is 0.0248. The number of hydrogen-bond donors (Lipinski definition) is 1. The number of hydrogen-bond acceptors (Lipinski definition) is 2. The molecule has 0 aliphatic carbocycles. The summed E-state index contributed by atoms with van der Waals surface area (Å²) >= 11 is 9.65. The van der Waals surface area contributed by atoms with Crippen LogP contribution in [0.25, 0.3) is 0 Å². The van der Waals surface area contributed by atoms with Crippen LogP contribution in [-0.4, -0.2) is 11.5 Å². The van der Waals surface area contributed by atoms with Crippen LogP contribution in [0.5, 0.6) is 0 Å². The van der Waals surface area contributed by atoms with Gasteiger partial charge in [-0.2, -0.15) is 0 Å². The van der Waals surface area contributed by atoms with Gasteiger partial charge in [-0.1, -0.05) is 36.7 Å². The van der Waals surface area contributed by atoms with E-state index in [0.717, 1.165) is 27.3 Å². The Kier molecular flexibility index (Phi) is 4.75. The van der Waals surface area contributed by atoms with Crippen LogP contribution in [0.4, 0.5) is 0 Å². The summed E-state index contributed by atoms with van der Waals surface area (Å²) in [6, 6.07) is 11.9. The third kappa shape index (κ3) is 3.10. The topological polar surface area (TPSA) is 24.9 Å². The van der Waals surface area contributed by atoms with Gasteiger partial charge in [0.1, 0.15) is 0 Å². The molecule has 2 rings (SSSR count). The van der Waals surface area contributed by atoms with E-state index in [-0.39, 0.29) is 6.04 Å². The molecule has 0 aliphatic heterocycles. The zero-order valence-electron chi connectivity index (χ0n) is 10.0. The number of nitrogens with one attached hydrogen (secondary N) is 1. The first-order valence-electron chi connectivity index (χ1n) is 5.81. The fourth-order valence-corrected chi connectivity index (χ4v) is 2.32. The molecule has 94 valence electrons. The maximum Gasteiger partial charge on any atom is 0.0765 e. The quantitative estimate of drug-likeness (QED) is 0.911. The van der Waals surface area contributed by atoms with Gasteiger partial charge < -0.3 is 5.32 Å². The van der Waals surface area contributed by atoms with Crippen LogP contribution in [0.15, 0.2) is 47.1 Å². The SMILES string of the molecule is CCNC(c1ccc(Br)cn1)c1ccccc1Cl. The summed E-state index contributed by atoms with van der Waals surface area (Å²) in [7, 11) is 0. The zero-order chi connectivity index (χ0) is 13.0. The predicted molar refractivity (Wildman–Crippen MR) is 78.9 cm³/mol. The van der Waals surface area contributed by atoms with Crippen LogP contribution < -0.4 is 5.32 Å². The summed E-state index contributed by atoms with van der Waals surface area (Å²) in [5, 5.41) is 4.17. The molecule has 0 aliphatic rings. The Morgan fingerprint density at radius 2 is 2.06 bits per heavy atom. The molecule has 0 fully saturated rings. The van der Waals surface area contributed by atoms with Crippen molar-refractivity contribution in [1.82, 2.24) is 10.3 Å². The Labute approximate surface area is 121 Å². The summed E-state index contributed by atoms with van der Waals surface area (Å²) in [6.45, 7) is 2.93. The number of aromatic nitrogens is 1. The molecule has 1 heterocycles. The molecule has 0 saturated carbocycles. The lowest BCUT2D eigenvalue weighted by Crippen LogP contribution is -2.23. The van der Waals surface area contributed by atoms with Crippen molar-refractivity contribution in [2.75, 3.05) is 6.54 Å². The van der Waals surface area contributed by atoms with Gasteiger partial charge in [0, 0.05) is 15.7 Å². The van der Waals surface area contributed by atoms with Gasteiger partial charge in [-0.15, -0.1) is 0 Å². The molecule has 0 spiro atoms. The molecule has 1 N–H and O–H groups in total. The molecule has 18 heavy (non-hydrogen) atoms. The molecule has 0 bridgehead atoms. The zero-order valence-corrected chi connectivity index (χ0v) is 12.4. The minimum absolute atomic E-state index is 0.0248. The molecule has 0 saturated heterocycles. The van der Waals surface area contributed by atoms with E-state index in [1.54, 1.807) is 6.20 Å². The number of pyridine rings is 1. The molecular weight excluding hydrogens is 312 g/mol. The highest BCUT2D eigenvalue weighted by Crippen LogP contribution is 2.27. The number of rotatable bonds is 4. The molecule has 1 unspecified atom stereocenters. The summed E-state index contributed by atoms with van der Waals surface area (Å²) in [4.78, 5) is 4.45. The van der Waals surface area contributed by atoms with Gasteiger partial charge in [-0.25, -0.2) is 0 Å². The van der Waals surface area contributed by atoms with E-state index in [1.807, 2.05) is 36.4 Å². The standard InChI is InChI=1S/C14H14BrClN2/c1-2-17-14(11-5-3-4-6-12(11)16)13-8-7-10(15)9-18-13/h3-9,14,17H,2H2,1H3. The van der Waals surface area contributed by atoms with Crippen molar-refractivity contribution in [3.05, 3.63) is 63.3 Å². The van der Waals surface area contributed by atoms with Crippen molar-refractivity contribution in [3.63, 3.8) is 0 Å². The normalized spacial score (nSPS) is 12.4. The van der Waals surface area contributed by atoms with Crippen molar-refractivity contribution in [3.8, 4) is 0 Å². The summed E-state index contributed by atoms with van der Waals surface area (Å²) < 4.78 is 0.973. The highest BCUT2D eigenvalue weighted by atomic mass is 79.9. The molecule has 1 aromatic heterocycles. The van der Waals surface area contributed by atoms with E-state index in [0.29, 0.717) is 0 Å². The second-order valence-corrected chi connectivity index (χ2v) is 5.24. The van der Waals surface area contributed by atoms with Crippen LogP contribution in [0.1, 0.15) is 24.2 Å². The van der Waals surface area contributed by atoms with Crippen LogP contribution in [0, 0.1) is 0 Å². The molecule has 2 nitrogen and oxygen atoms in total. The highest BCUT2D eigenvalue weighted by Gasteiger charge is 2.16. The fourth-order valence-electron chi connectivity index (χ4n) is 1.85. The number of halogens is 2. The highest BCUT2D eigenvalue weighted by molar-refractivity contribution is 9.10. The van der Waals surface area contributed by atoms with Crippen LogP contribution in [0.3, 0.4) is 0 Å². The predicted octanol–water partition coefficient (Wildman–Crippen LogP) is 4.20. The van der Waals surface area contributed by atoms with Crippen LogP contribution in [-0.2, 0) is 0 Å². The van der Waals surface area contributed by atoms with Gasteiger partial charge in [-0.05, 0) is 46.2 Å². The van der Waals surface area contributed by atoms with Gasteiger partial charge in [0.15, 0.2) is 0 Å². The van der Waals surface area contributed by atoms with Gasteiger partial charge in [0.05, 0.1) is 11.7 Å². The van der Waals surface area contributed by atoms with Crippen molar-refractivity contribution in [2.45, 2.75) is 13.0 Å². The maximum atomic E-state index is 6.26. The van der Waals surface area contributed by atoms with Gasteiger partial charge in [0.25, 0.3) is 0 Å². The second kappa shape index (κ2) is 6.32.